The molecule has 0 fully saturated rings. The number of aromatic nitrogens is 2. The first kappa shape index (κ1) is 13.6. The van der Waals surface area contributed by atoms with Crippen molar-refractivity contribution in [2.24, 2.45) is 0 Å². The van der Waals surface area contributed by atoms with E-state index in [-0.39, 0.29) is 4.90 Å². The highest BCUT2D eigenvalue weighted by Crippen LogP contribution is 2.22. The third-order valence-corrected chi connectivity index (χ3v) is 4.85. The lowest BCUT2D eigenvalue weighted by Gasteiger charge is -2.07. The molecule has 2 aromatic carbocycles. The lowest BCUT2D eigenvalue weighted by Crippen LogP contribution is -2.13. The number of anilines is 1. The fraction of sp³-hybridized carbons (Fsp3) is 0.133. The van der Waals surface area contributed by atoms with Crippen LogP contribution >= 0.6 is 0 Å². The number of hydrogen-bond acceptors (Lipinski definition) is 3. The third kappa shape index (κ3) is 2.50. The molecule has 0 bridgehead atoms. The summed E-state index contributed by atoms with van der Waals surface area (Å²) >= 11 is 0. The minimum Gasteiger partial charge on any atom is -0.280 e. The molecule has 1 heterocycles. The zero-order valence-corrected chi connectivity index (χ0v) is 12.5. The third-order valence-electron chi connectivity index (χ3n) is 3.52. The number of rotatable bonds is 3. The van der Waals surface area contributed by atoms with Gasteiger partial charge in [0.2, 0.25) is 0 Å². The number of sulfonamides is 1. The van der Waals surface area contributed by atoms with Crippen LogP contribution in [0.3, 0.4) is 0 Å². The summed E-state index contributed by atoms with van der Waals surface area (Å²) in [6, 6.07) is 12.7. The summed E-state index contributed by atoms with van der Waals surface area (Å²) in [4.78, 5) is 0.223. The Morgan fingerprint density at radius 2 is 1.76 bits per heavy atom. The predicted octanol–water partition coefficient (Wildman–Crippen LogP) is 2.98. The fourth-order valence-corrected chi connectivity index (χ4v) is 3.21. The first-order valence-corrected chi connectivity index (χ1v) is 7.99. The molecule has 0 atom stereocenters. The average molecular weight is 301 g/mol. The molecule has 0 saturated heterocycles. The van der Waals surface area contributed by atoms with Crippen molar-refractivity contribution in [3.63, 3.8) is 0 Å². The molecular formula is C15H15N3O2S. The van der Waals surface area contributed by atoms with Gasteiger partial charge in [0.25, 0.3) is 10.0 Å². The molecule has 0 amide bonds. The van der Waals surface area contributed by atoms with Gasteiger partial charge in [-0.3, -0.25) is 9.82 Å². The minimum absolute atomic E-state index is 0.223. The van der Waals surface area contributed by atoms with Gasteiger partial charge in [-0.25, -0.2) is 8.42 Å². The number of fused-ring (bicyclic) bond motifs is 1. The number of hydrogen-bond donors (Lipinski definition) is 2. The van der Waals surface area contributed by atoms with E-state index < -0.39 is 10.0 Å². The summed E-state index contributed by atoms with van der Waals surface area (Å²) in [7, 11) is -3.65. The van der Waals surface area contributed by atoms with E-state index in [4.69, 9.17) is 0 Å². The smallest absolute Gasteiger partial charge is 0.263 e. The van der Waals surface area contributed by atoms with Crippen LogP contribution < -0.4 is 4.72 Å². The second kappa shape index (κ2) is 4.89. The molecule has 0 saturated carbocycles. The number of aromatic amines is 1. The van der Waals surface area contributed by atoms with Crippen molar-refractivity contribution < 1.29 is 8.42 Å². The van der Waals surface area contributed by atoms with Crippen molar-refractivity contribution in [1.82, 2.24) is 10.2 Å². The van der Waals surface area contributed by atoms with E-state index in [1.54, 1.807) is 18.2 Å². The number of nitrogens with zero attached hydrogens (tertiary/aromatic N) is 1. The highest BCUT2D eigenvalue weighted by Gasteiger charge is 2.17. The Labute approximate surface area is 123 Å². The maximum Gasteiger partial charge on any atom is 0.263 e. The molecule has 0 radical (unpaired) electrons. The summed E-state index contributed by atoms with van der Waals surface area (Å²) in [5.41, 5.74) is 1.63. The van der Waals surface area contributed by atoms with Crippen molar-refractivity contribution in [2.75, 3.05) is 4.72 Å². The molecule has 21 heavy (non-hydrogen) atoms. The molecule has 0 aliphatic rings. The van der Waals surface area contributed by atoms with Crippen LogP contribution in [0.1, 0.15) is 11.3 Å². The summed E-state index contributed by atoms with van der Waals surface area (Å²) in [5.74, 6) is 0.334. The van der Waals surface area contributed by atoms with Gasteiger partial charge >= 0.3 is 0 Å². The van der Waals surface area contributed by atoms with Crippen LogP contribution in [0.15, 0.2) is 47.4 Å². The van der Waals surface area contributed by atoms with E-state index in [0.717, 1.165) is 22.0 Å². The molecule has 6 heteroatoms. The van der Waals surface area contributed by atoms with E-state index in [2.05, 4.69) is 14.9 Å². The van der Waals surface area contributed by atoms with Crippen molar-refractivity contribution in [1.29, 1.82) is 0 Å². The molecule has 108 valence electrons. The Balaban J connectivity index is 2.02. The Morgan fingerprint density at radius 3 is 2.43 bits per heavy atom. The molecule has 0 spiro atoms. The van der Waals surface area contributed by atoms with Gasteiger partial charge in [0.15, 0.2) is 5.82 Å². The topological polar surface area (TPSA) is 74.8 Å². The van der Waals surface area contributed by atoms with Gasteiger partial charge in [-0.2, -0.15) is 5.10 Å². The second-order valence-corrected chi connectivity index (χ2v) is 6.62. The molecule has 2 N–H and O–H groups in total. The molecule has 0 aliphatic carbocycles. The lowest BCUT2D eigenvalue weighted by molar-refractivity contribution is 0.601. The number of nitrogens with one attached hydrogen (secondary N) is 2. The van der Waals surface area contributed by atoms with E-state index >= 15 is 0 Å². The predicted molar refractivity (Wildman–Crippen MR) is 82.8 cm³/mol. The molecule has 0 aliphatic heterocycles. The Kier molecular flexibility index (Phi) is 3.17. The highest BCUT2D eigenvalue weighted by molar-refractivity contribution is 7.92. The maximum atomic E-state index is 12.4. The van der Waals surface area contributed by atoms with Crippen LogP contribution in [0.2, 0.25) is 0 Å². The SMILES string of the molecule is Cc1[nH]nc(NS(=O)(=O)c2ccc3ccccc3c2)c1C. The number of aryl methyl sites for hydroxylation is 1. The first-order valence-electron chi connectivity index (χ1n) is 6.50. The highest BCUT2D eigenvalue weighted by atomic mass is 32.2. The van der Waals surface area contributed by atoms with Crippen molar-refractivity contribution in [3.8, 4) is 0 Å². The van der Waals surface area contributed by atoms with Gasteiger partial charge in [0.05, 0.1) is 4.90 Å². The van der Waals surface area contributed by atoms with Crippen LogP contribution in [-0.4, -0.2) is 18.6 Å². The van der Waals surface area contributed by atoms with Crippen LogP contribution in [0.4, 0.5) is 5.82 Å². The van der Waals surface area contributed by atoms with Crippen LogP contribution in [-0.2, 0) is 10.0 Å². The van der Waals surface area contributed by atoms with Crippen LogP contribution in [0.5, 0.6) is 0 Å². The van der Waals surface area contributed by atoms with E-state index in [0.29, 0.717) is 5.82 Å². The van der Waals surface area contributed by atoms with Gasteiger partial charge in [-0.15, -0.1) is 0 Å². The quantitative estimate of drug-likeness (QED) is 0.781. The zero-order chi connectivity index (χ0) is 15.0. The van der Waals surface area contributed by atoms with Crippen molar-refractivity contribution in [3.05, 3.63) is 53.7 Å². The fourth-order valence-electron chi connectivity index (χ4n) is 2.11. The largest absolute Gasteiger partial charge is 0.280 e. The van der Waals surface area contributed by atoms with E-state index in [1.165, 1.54) is 0 Å². The van der Waals surface area contributed by atoms with Gasteiger partial charge < -0.3 is 0 Å². The van der Waals surface area contributed by atoms with Crippen molar-refractivity contribution in [2.45, 2.75) is 18.7 Å². The summed E-state index contributed by atoms with van der Waals surface area (Å²) in [6.07, 6.45) is 0. The Morgan fingerprint density at radius 1 is 1.05 bits per heavy atom. The van der Waals surface area contributed by atoms with Gasteiger partial charge in [0, 0.05) is 11.3 Å². The lowest BCUT2D eigenvalue weighted by atomic mass is 10.1. The minimum atomic E-state index is -3.65. The average Bonchev–Trinajstić information content (AvgIpc) is 2.78. The molecule has 0 unspecified atom stereocenters. The Bertz CT molecular complexity index is 914. The van der Waals surface area contributed by atoms with Crippen LogP contribution in [0, 0.1) is 13.8 Å². The van der Waals surface area contributed by atoms with Crippen molar-refractivity contribution >= 4 is 26.6 Å². The standard InChI is InChI=1S/C15H15N3O2S/c1-10-11(2)16-17-15(10)18-21(19,20)14-8-7-12-5-3-4-6-13(12)9-14/h3-9H,1-2H3,(H2,16,17,18). The molecule has 3 aromatic rings. The molecule has 5 nitrogen and oxygen atoms in total. The van der Waals surface area contributed by atoms with Gasteiger partial charge in [-0.05, 0) is 36.8 Å². The van der Waals surface area contributed by atoms with Crippen LogP contribution in [0.25, 0.3) is 10.8 Å². The summed E-state index contributed by atoms with van der Waals surface area (Å²) in [6.45, 7) is 3.66. The number of H-pyrrole nitrogens is 1. The maximum absolute atomic E-state index is 12.4. The molecule has 3 rings (SSSR count). The molecular weight excluding hydrogens is 286 g/mol. The van der Waals surface area contributed by atoms with E-state index in [9.17, 15) is 8.42 Å². The second-order valence-electron chi connectivity index (χ2n) is 4.94. The van der Waals surface area contributed by atoms with Gasteiger partial charge in [0.1, 0.15) is 0 Å². The Hall–Kier alpha value is -2.34. The monoisotopic (exact) mass is 301 g/mol. The van der Waals surface area contributed by atoms with E-state index in [1.807, 2.05) is 38.1 Å². The summed E-state index contributed by atoms with van der Waals surface area (Å²) < 4.78 is 27.4. The van der Waals surface area contributed by atoms with Gasteiger partial charge in [-0.1, -0.05) is 30.3 Å². The normalized spacial score (nSPS) is 11.7. The first-order chi connectivity index (χ1) is 9.97. The number of benzene rings is 2. The summed E-state index contributed by atoms with van der Waals surface area (Å²) in [5, 5.41) is 8.62. The zero-order valence-electron chi connectivity index (χ0n) is 11.7. The molecule has 1 aromatic heterocycles.